The molecule has 0 saturated heterocycles. The number of carbonyl (C=O) groups is 1. The van der Waals surface area contributed by atoms with Crippen molar-refractivity contribution in [2.75, 3.05) is 6.61 Å². The average Bonchev–Trinajstić information content (AvgIpc) is 3.14. The highest BCUT2D eigenvalue weighted by Crippen LogP contribution is 2.40. The van der Waals surface area contributed by atoms with Crippen LogP contribution in [0, 0.1) is 0 Å². The van der Waals surface area contributed by atoms with Crippen molar-refractivity contribution < 1.29 is 45.0 Å². The Morgan fingerprint density at radius 3 is 2.52 bits per heavy atom. The van der Waals surface area contributed by atoms with Crippen molar-refractivity contribution in [2.24, 2.45) is 0 Å². The van der Waals surface area contributed by atoms with Crippen molar-refractivity contribution >= 4 is 5.91 Å². The molecule has 8 nitrogen and oxygen atoms in total. The Labute approximate surface area is 183 Å². The van der Waals surface area contributed by atoms with Gasteiger partial charge in [0.25, 0.3) is 5.91 Å². The van der Waals surface area contributed by atoms with Gasteiger partial charge in [-0.05, 0) is 31.4 Å². The van der Waals surface area contributed by atoms with Crippen LogP contribution in [0.25, 0.3) is 0 Å². The Bertz CT molecular complexity index is 968. The van der Waals surface area contributed by atoms with Gasteiger partial charge in [-0.3, -0.25) is 9.53 Å². The zero-order valence-electron chi connectivity index (χ0n) is 16.9. The lowest BCUT2D eigenvalue weighted by Crippen LogP contribution is -2.34. The molecule has 0 aliphatic heterocycles. The number of hydrogen-bond donors (Lipinski definition) is 1. The Kier molecular flexibility index (Phi) is 7.25. The molecule has 0 atom stereocenters. The summed E-state index contributed by atoms with van der Waals surface area (Å²) in [7, 11) is 0. The van der Waals surface area contributed by atoms with E-state index in [-0.39, 0.29) is 49.1 Å². The van der Waals surface area contributed by atoms with Gasteiger partial charge in [-0.2, -0.15) is 13.2 Å². The molecule has 0 aromatic carbocycles. The van der Waals surface area contributed by atoms with Gasteiger partial charge >= 0.3 is 12.5 Å². The molecule has 1 aliphatic carbocycles. The smallest absolute Gasteiger partial charge is 0.482 e. The van der Waals surface area contributed by atoms with Crippen molar-refractivity contribution in [1.82, 2.24) is 20.5 Å². The second-order valence-electron chi connectivity index (χ2n) is 7.21. The first-order chi connectivity index (χ1) is 15.4. The Morgan fingerprint density at radius 1 is 1.18 bits per heavy atom. The third-order valence-corrected chi connectivity index (χ3v) is 4.58. The predicted molar refractivity (Wildman–Crippen MR) is 97.5 cm³/mol. The van der Waals surface area contributed by atoms with Crippen molar-refractivity contribution in [3.05, 3.63) is 48.1 Å². The molecule has 0 spiro atoms. The molecule has 2 heterocycles. The van der Waals surface area contributed by atoms with Crippen molar-refractivity contribution in [3.63, 3.8) is 0 Å². The Balaban J connectivity index is 1.35. The third-order valence-electron chi connectivity index (χ3n) is 4.58. The molecular weight excluding hydrogens is 462 g/mol. The van der Waals surface area contributed by atoms with E-state index in [1.165, 1.54) is 0 Å². The van der Waals surface area contributed by atoms with E-state index in [1.54, 1.807) is 0 Å². The van der Waals surface area contributed by atoms with Crippen LogP contribution in [0.2, 0.25) is 0 Å². The van der Waals surface area contributed by atoms with Crippen LogP contribution in [0.3, 0.4) is 0 Å². The predicted octanol–water partition coefficient (Wildman–Crippen LogP) is 3.91. The molecular formula is C19H18F6N4O4. The van der Waals surface area contributed by atoms with E-state index in [0.29, 0.717) is 5.70 Å². The van der Waals surface area contributed by atoms with E-state index < -0.39 is 36.9 Å². The number of aryl methyl sites for hydroxylation is 1. The van der Waals surface area contributed by atoms with E-state index in [9.17, 15) is 31.1 Å². The van der Waals surface area contributed by atoms with Crippen LogP contribution >= 0.6 is 0 Å². The number of pyridine rings is 1. The summed E-state index contributed by atoms with van der Waals surface area (Å²) in [4.78, 5) is 15.1. The molecule has 180 valence electrons. The number of ether oxygens (including phenoxy) is 2. The fourth-order valence-electron chi connectivity index (χ4n) is 2.92. The number of carbonyl (C=O) groups excluding carboxylic acids is 1. The van der Waals surface area contributed by atoms with Crippen LogP contribution in [-0.2, 0) is 22.1 Å². The van der Waals surface area contributed by atoms with Gasteiger partial charge in [0, 0.05) is 18.0 Å². The summed E-state index contributed by atoms with van der Waals surface area (Å²) in [5.41, 5.74) is -0.778. The van der Waals surface area contributed by atoms with Gasteiger partial charge in [0.1, 0.15) is 11.4 Å². The third kappa shape index (κ3) is 7.44. The van der Waals surface area contributed by atoms with Gasteiger partial charge in [0.15, 0.2) is 6.61 Å². The number of amides is 1. The van der Waals surface area contributed by atoms with Crippen molar-refractivity contribution in [3.8, 4) is 5.75 Å². The minimum absolute atomic E-state index is 0.0129. The monoisotopic (exact) mass is 480 g/mol. The van der Waals surface area contributed by atoms with E-state index in [4.69, 9.17) is 9.15 Å². The number of hydrogen-bond acceptors (Lipinski definition) is 7. The van der Waals surface area contributed by atoms with Gasteiger partial charge in [-0.1, -0.05) is 6.58 Å². The molecule has 33 heavy (non-hydrogen) atoms. The normalized spacial score (nSPS) is 18.5. The maximum Gasteiger partial charge on any atom is 0.522 e. The lowest BCUT2D eigenvalue weighted by molar-refractivity contribution is -0.352. The Hall–Kier alpha value is -3.16. The van der Waals surface area contributed by atoms with Gasteiger partial charge in [0.2, 0.25) is 11.8 Å². The average molecular weight is 480 g/mol. The SMILES string of the molecule is C=C(CCc1nnc([C@H]2C[C@@H](OC(F)(F)F)C2)o1)NC(=O)COc1ccc(C(F)(F)F)nc1. The largest absolute Gasteiger partial charge is 0.522 e. The van der Waals surface area contributed by atoms with Crippen LogP contribution in [0.1, 0.15) is 42.7 Å². The highest BCUT2D eigenvalue weighted by molar-refractivity contribution is 5.79. The van der Waals surface area contributed by atoms with Crippen LogP contribution in [0.4, 0.5) is 26.3 Å². The molecule has 0 bridgehead atoms. The van der Waals surface area contributed by atoms with Crippen molar-refractivity contribution in [1.29, 1.82) is 0 Å². The molecule has 0 radical (unpaired) electrons. The molecule has 1 aliphatic rings. The van der Waals surface area contributed by atoms with Crippen LogP contribution in [-0.4, -0.2) is 40.2 Å². The van der Waals surface area contributed by atoms with Gasteiger partial charge in [0.05, 0.1) is 12.3 Å². The topological polar surface area (TPSA) is 99.4 Å². The Morgan fingerprint density at radius 2 is 1.91 bits per heavy atom. The number of nitrogens with zero attached hydrogens (tertiary/aromatic N) is 3. The summed E-state index contributed by atoms with van der Waals surface area (Å²) in [5.74, 6) is -0.455. The number of nitrogens with one attached hydrogen (secondary N) is 1. The van der Waals surface area contributed by atoms with Crippen LogP contribution in [0.5, 0.6) is 5.75 Å². The van der Waals surface area contributed by atoms with E-state index >= 15 is 0 Å². The minimum Gasteiger partial charge on any atom is -0.482 e. The van der Waals surface area contributed by atoms with Gasteiger partial charge in [-0.15, -0.1) is 23.4 Å². The first-order valence-electron chi connectivity index (χ1n) is 9.59. The number of allylic oxidation sites excluding steroid dienone is 1. The van der Waals surface area contributed by atoms with Crippen LogP contribution in [0.15, 0.2) is 35.0 Å². The molecule has 2 aromatic rings. The summed E-state index contributed by atoms with van der Waals surface area (Å²) in [6.45, 7) is 3.21. The quantitative estimate of drug-likeness (QED) is 0.544. The summed E-state index contributed by atoms with van der Waals surface area (Å²) in [6, 6.07) is 1.78. The van der Waals surface area contributed by atoms with Gasteiger partial charge in [-0.25, -0.2) is 4.98 Å². The number of rotatable bonds is 9. The molecule has 14 heteroatoms. The van der Waals surface area contributed by atoms with E-state index in [2.05, 4.69) is 31.8 Å². The minimum atomic E-state index is -4.68. The number of aromatic nitrogens is 3. The fourth-order valence-corrected chi connectivity index (χ4v) is 2.92. The summed E-state index contributed by atoms with van der Waals surface area (Å²) in [6.07, 6.45) is -8.62. The van der Waals surface area contributed by atoms with Crippen molar-refractivity contribution in [2.45, 2.75) is 50.2 Å². The first-order valence-corrected chi connectivity index (χ1v) is 9.59. The molecule has 1 saturated carbocycles. The zero-order chi connectivity index (χ0) is 24.2. The second kappa shape index (κ2) is 9.77. The standard InChI is InChI=1S/C19H18F6N4O4/c1-10(27-15(30)9-31-12-3-4-14(26-8-12)18(20,21)22)2-5-16-28-29-17(32-16)11-6-13(7-11)33-19(23,24)25/h3-4,8,11,13H,1-2,5-7,9H2,(H,27,30)/t11-,13+. The summed E-state index contributed by atoms with van der Waals surface area (Å²) in [5, 5.41) is 10.1. The lowest BCUT2D eigenvalue weighted by atomic mass is 9.82. The van der Waals surface area contributed by atoms with Gasteiger partial charge < -0.3 is 14.5 Å². The molecule has 1 fully saturated rings. The highest BCUT2D eigenvalue weighted by atomic mass is 19.4. The van der Waals surface area contributed by atoms with E-state index in [0.717, 1.165) is 18.3 Å². The maximum absolute atomic E-state index is 12.5. The number of alkyl halides is 6. The fraction of sp³-hybridized carbons (Fsp3) is 0.474. The molecule has 1 amide bonds. The molecule has 0 unspecified atom stereocenters. The second-order valence-corrected chi connectivity index (χ2v) is 7.21. The zero-order valence-corrected chi connectivity index (χ0v) is 16.9. The molecule has 2 aromatic heterocycles. The molecule has 1 N–H and O–H groups in total. The lowest BCUT2D eigenvalue weighted by Gasteiger charge is -2.32. The summed E-state index contributed by atoms with van der Waals surface area (Å²) < 4.78 is 88.3. The number of halogens is 6. The van der Waals surface area contributed by atoms with E-state index in [1.807, 2.05) is 0 Å². The molecule has 3 rings (SSSR count). The summed E-state index contributed by atoms with van der Waals surface area (Å²) >= 11 is 0. The highest BCUT2D eigenvalue weighted by Gasteiger charge is 2.42. The maximum atomic E-state index is 12.5. The van der Waals surface area contributed by atoms with Crippen LogP contribution < -0.4 is 10.1 Å². The first kappa shape index (κ1) is 24.5.